The third-order valence-corrected chi connectivity index (χ3v) is 2.89. The molecule has 2 aromatic rings. The Bertz CT molecular complexity index is 623. The summed E-state index contributed by atoms with van der Waals surface area (Å²) >= 11 is 5.61. The van der Waals surface area contributed by atoms with Crippen LogP contribution in [0.4, 0.5) is 0 Å². The number of carbonyl (C=O) groups excluding carboxylic acids is 1. The highest BCUT2D eigenvalue weighted by molar-refractivity contribution is 6.29. The van der Waals surface area contributed by atoms with Gasteiger partial charge in [-0.25, -0.2) is 0 Å². The van der Waals surface area contributed by atoms with Crippen molar-refractivity contribution in [1.82, 2.24) is 5.32 Å². The quantitative estimate of drug-likeness (QED) is 0.938. The summed E-state index contributed by atoms with van der Waals surface area (Å²) in [5.74, 6) is 1.27. The molecule has 0 spiro atoms. The van der Waals surface area contributed by atoms with Gasteiger partial charge < -0.3 is 19.2 Å². The Morgan fingerprint density at radius 1 is 1.21 bits per heavy atom. The lowest BCUT2D eigenvalue weighted by Crippen LogP contribution is -2.22. The van der Waals surface area contributed by atoms with Crippen molar-refractivity contribution in [2.24, 2.45) is 0 Å². The average Bonchev–Trinajstić information content (AvgIpc) is 3.03. The van der Waals surface area contributed by atoms with Gasteiger partial charge >= 0.3 is 0 Å². The van der Waals surface area contributed by atoms with Crippen LogP contribution in [0.1, 0.15) is 16.1 Å². The molecule has 1 N–H and O–H groups in total. The van der Waals surface area contributed by atoms with Crippen molar-refractivity contribution in [2.45, 2.75) is 6.54 Å². The number of nitrogens with one attached hydrogen (secondary N) is 1. The fourth-order valence-corrected chi connectivity index (χ4v) is 1.90. The Kier molecular flexibility index (Phi) is 3.05. The first-order valence-electron chi connectivity index (χ1n) is 5.64. The number of amides is 1. The van der Waals surface area contributed by atoms with Gasteiger partial charge in [0.2, 0.25) is 6.79 Å². The molecule has 0 saturated heterocycles. The molecule has 2 heterocycles. The van der Waals surface area contributed by atoms with Gasteiger partial charge in [0.1, 0.15) is 0 Å². The molecule has 6 heteroatoms. The molecule has 0 atom stereocenters. The van der Waals surface area contributed by atoms with Crippen LogP contribution < -0.4 is 14.8 Å². The van der Waals surface area contributed by atoms with E-state index in [2.05, 4.69) is 5.32 Å². The van der Waals surface area contributed by atoms with E-state index in [9.17, 15) is 4.79 Å². The summed E-state index contributed by atoms with van der Waals surface area (Å²) in [5, 5.41) is 2.92. The fourth-order valence-electron chi connectivity index (χ4n) is 1.76. The minimum atomic E-state index is -0.315. The standard InChI is InChI=1S/C13H10ClNO4/c14-12-4-3-10(19-12)13(16)15-6-8-1-2-9-11(5-8)18-7-17-9/h1-5H,6-7H2,(H,15,16). The lowest BCUT2D eigenvalue weighted by Gasteiger charge is -2.04. The summed E-state index contributed by atoms with van der Waals surface area (Å²) in [6.07, 6.45) is 0. The molecule has 1 aliphatic heterocycles. The van der Waals surface area contributed by atoms with Gasteiger partial charge in [0.15, 0.2) is 22.5 Å². The highest BCUT2D eigenvalue weighted by Gasteiger charge is 2.14. The summed E-state index contributed by atoms with van der Waals surface area (Å²) < 4.78 is 15.5. The lowest BCUT2D eigenvalue weighted by molar-refractivity contribution is 0.0923. The van der Waals surface area contributed by atoms with Gasteiger partial charge in [-0.1, -0.05) is 6.07 Å². The highest BCUT2D eigenvalue weighted by Crippen LogP contribution is 2.32. The first-order valence-corrected chi connectivity index (χ1v) is 6.02. The van der Waals surface area contributed by atoms with E-state index in [1.165, 1.54) is 12.1 Å². The summed E-state index contributed by atoms with van der Waals surface area (Å²) in [4.78, 5) is 11.7. The van der Waals surface area contributed by atoms with Gasteiger partial charge in [-0.05, 0) is 41.4 Å². The molecule has 0 saturated carbocycles. The molecule has 0 unspecified atom stereocenters. The van der Waals surface area contributed by atoms with Gasteiger partial charge in [0, 0.05) is 6.54 Å². The Morgan fingerprint density at radius 2 is 2.05 bits per heavy atom. The van der Waals surface area contributed by atoms with E-state index in [4.69, 9.17) is 25.5 Å². The molecule has 1 amide bonds. The molecule has 3 rings (SSSR count). The van der Waals surface area contributed by atoms with Gasteiger partial charge in [-0.3, -0.25) is 4.79 Å². The maximum absolute atomic E-state index is 11.7. The first-order chi connectivity index (χ1) is 9.22. The second-order valence-electron chi connectivity index (χ2n) is 3.97. The van der Waals surface area contributed by atoms with E-state index in [1.54, 1.807) is 0 Å². The minimum Gasteiger partial charge on any atom is -0.454 e. The zero-order valence-electron chi connectivity index (χ0n) is 9.81. The molecule has 1 aromatic heterocycles. The van der Waals surface area contributed by atoms with Crippen molar-refractivity contribution < 1.29 is 18.7 Å². The van der Waals surface area contributed by atoms with Crippen LogP contribution in [0.2, 0.25) is 5.22 Å². The Hall–Kier alpha value is -2.14. The summed E-state index contributed by atoms with van der Waals surface area (Å²) in [6.45, 7) is 0.601. The summed E-state index contributed by atoms with van der Waals surface area (Å²) in [5.41, 5.74) is 0.912. The molecular weight excluding hydrogens is 270 g/mol. The molecule has 0 aliphatic carbocycles. The van der Waals surface area contributed by atoms with Gasteiger partial charge in [0.25, 0.3) is 5.91 Å². The zero-order chi connectivity index (χ0) is 13.2. The number of fused-ring (bicyclic) bond motifs is 1. The Labute approximate surface area is 114 Å². The average molecular weight is 280 g/mol. The first kappa shape index (κ1) is 11.9. The van der Waals surface area contributed by atoms with Crippen LogP contribution in [0, 0.1) is 0 Å². The zero-order valence-corrected chi connectivity index (χ0v) is 10.6. The van der Waals surface area contributed by atoms with Crippen molar-refractivity contribution in [1.29, 1.82) is 0 Å². The van der Waals surface area contributed by atoms with Crippen LogP contribution >= 0.6 is 11.6 Å². The maximum Gasteiger partial charge on any atom is 0.287 e. The molecule has 5 nitrogen and oxygen atoms in total. The second kappa shape index (κ2) is 4.85. The molecule has 1 aliphatic rings. The third kappa shape index (κ3) is 2.51. The molecule has 19 heavy (non-hydrogen) atoms. The highest BCUT2D eigenvalue weighted by atomic mass is 35.5. The van der Waals surface area contributed by atoms with Crippen LogP contribution in [0.25, 0.3) is 0 Å². The number of ether oxygens (including phenoxy) is 2. The van der Waals surface area contributed by atoms with Crippen molar-refractivity contribution in [2.75, 3.05) is 6.79 Å². The van der Waals surface area contributed by atoms with Gasteiger partial charge in [-0.2, -0.15) is 0 Å². The number of carbonyl (C=O) groups is 1. The van der Waals surface area contributed by atoms with Crippen LogP contribution in [-0.4, -0.2) is 12.7 Å². The van der Waals surface area contributed by atoms with Crippen LogP contribution in [0.5, 0.6) is 11.5 Å². The Balaban J connectivity index is 1.64. The molecule has 0 radical (unpaired) electrons. The number of furan rings is 1. The van der Waals surface area contributed by atoms with E-state index in [0.717, 1.165) is 5.56 Å². The van der Waals surface area contributed by atoms with E-state index in [0.29, 0.717) is 18.0 Å². The van der Waals surface area contributed by atoms with E-state index < -0.39 is 0 Å². The smallest absolute Gasteiger partial charge is 0.287 e. The maximum atomic E-state index is 11.7. The van der Waals surface area contributed by atoms with Crippen LogP contribution in [0.15, 0.2) is 34.7 Å². The van der Waals surface area contributed by atoms with Crippen molar-refractivity contribution in [3.63, 3.8) is 0 Å². The van der Waals surface area contributed by atoms with Gasteiger partial charge in [0.05, 0.1) is 0 Å². The summed E-state index contributed by atoms with van der Waals surface area (Å²) in [7, 11) is 0. The van der Waals surface area contributed by atoms with E-state index in [-0.39, 0.29) is 23.7 Å². The number of hydrogen-bond donors (Lipinski definition) is 1. The normalized spacial score (nSPS) is 12.5. The molecule has 0 fully saturated rings. The number of benzene rings is 1. The van der Waals surface area contributed by atoms with Crippen molar-refractivity contribution in [3.05, 3.63) is 46.9 Å². The molecule has 0 bridgehead atoms. The lowest BCUT2D eigenvalue weighted by atomic mass is 10.2. The Morgan fingerprint density at radius 3 is 2.84 bits per heavy atom. The van der Waals surface area contributed by atoms with Crippen LogP contribution in [0.3, 0.4) is 0 Å². The molecule has 98 valence electrons. The monoisotopic (exact) mass is 279 g/mol. The van der Waals surface area contributed by atoms with E-state index >= 15 is 0 Å². The third-order valence-electron chi connectivity index (χ3n) is 2.69. The molecular formula is C13H10ClNO4. The predicted octanol–water partition coefficient (Wildman–Crippen LogP) is 2.59. The van der Waals surface area contributed by atoms with Crippen molar-refractivity contribution >= 4 is 17.5 Å². The SMILES string of the molecule is O=C(NCc1ccc2c(c1)OCO2)c1ccc(Cl)o1. The van der Waals surface area contributed by atoms with Crippen molar-refractivity contribution in [3.8, 4) is 11.5 Å². The topological polar surface area (TPSA) is 60.7 Å². The molecule has 1 aromatic carbocycles. The largest absolute Gasteiger partial charge is 0.454 e. The van der Waals surface area contributed by atoms with Crippen LogP contribution in [-0.2, 0) is 6.54 Å². The fraction of sp³-hybridized carbons (Fsp3) is 0.154. The number of rotatable bonds is 3. The predicted molar refractivity (Wildman–Crippen MR) is 67.5 cm³/mol. The second-order valence-corrected chi connectivity index (χ2v) is 4.35. The number of halogens is 1. The summed E-state index contributed by atoms with van der Waals surface area (Å²) in [6, 6.07) is 8.56. The van der Waals surface area contributed by atoms with E-state index in [1.807, 2.05) is 18.2 Å². The number of hydrogen-bond acceptors (Lipinski definition) is 4. The van der Waals surface area contributed by atoms with Gasteiger partial charge in [-0.15, -0.1) is 0 Å². The minimum absolute atomic E-state index is 0.186.